The van der Waals surface area contributed by atoms with Crippen LogP contribution in [-0.2, 0) is 16.6 Å². The Hall–Kier alpha value is -1.43. The predicted octanol–water partition coefficient (Wildman–Crippen LogP) is 1.21. The summed E-state index contributed by atoms with van der Waals surface area (Å²) in [6.07, 6.45) is 6.09. The quantitative estimate of drug-likeness (QED) is 0.905. The van der Waals surface area contributed by atoms with E-state index in [-0.39, 0.29) is 17.7 Å². The third-order valence-electron chi connectivity index (χ3n) is 3.46. The Morgan fingerprint density at radius 2 is 2.16 bits per heavy atom. The van der Waals surface area contributed by atoms with Crippen molar-refractivity contribution in [1.29, 1.82) is 0 Å². The number of aromatic nitrogens is 1. The van der Waals surface area contributed by atoms with E-state index in [2.05, 4.69) is 10.3 Å². The molecule has 2 rings (SSSR count). The van der Waals surface area contributed by atoms with Crippen molar-refractivity contribution in [3.63, 3.8) is 0 Å². The lowest BCUT2D eigenvalue weighted by Gasteiger charge is -2.20. The third-order valence-corrected chi connectivity index (χ3v) is 4.31. The molecule has 104 valence electrons. The van der Waals surface area contributed by atoms with Crippen molar-refractivity contribution in [2.75, 3.05) is 0 Å². The molecule has 19 heavy (non-hydrogen) atoms. The normalized spacial score (nSPS) is 18.5. The van der Waals surface area contributed by atoms with Crippen LogP contribution in [0.3, 0.4) is 0 Å². The molecule has 1 unspecified atom stereocenters. The van der Waals surface area contributed by atoms with Crippen LogP contribution in [0.1, 0.15) is 32.6 Å². The maximum atomic E-state index is 12.3. The van der Waals surface area contributed by atoms with Gasteiger partial charge in [0.15, 0.2) is 4.80 Å². The van der Waals surface area contributed by atoms with Gasteiger partial charge in [0.1, 0.15) is 6.04 Å². The van der Waals surface area contributed by atoms with Gasteiger partial charge in [0, 0.05) is 25.5 Å². The Kier molecular flexibility index (Phi) is 4.52. The van der Waals surface area contributed by atoms with Crippen LogP contribution in [0.15, 0.2) is 16.6 Å². The average molecular weight is 281 g/mol. The smallest absolute Gasteiger partial charge is 0.271 e. The molecule has 2 amide bonds. The minimum atomic E-state index is -0.470. The number of carbonyl (C=O) groups is 2. The van der Waals surface area contributed by atoms with Crippen molar-refractivity contribution in [2.45, 2.75) is 38.6 Å². The summed E-state index contributed by atoms with van der Waals surface area (Å²) < 4.78 is 1.81. The molecular weight excluding hydrogens is 262 g/mol. The Bertz CT molecular complexity index is 526. The van der Waals surface area contributed by atoms with Crippen LogP contribution in [-0.4, -0.2) is 22.4 Å². The van der Waals surface area contributed by atoms with Crippen molar-refractivity contribution in [3.05, 3.63) is 16.4 Å². The van der Waals surface area contributed by atoms with E-state index in [1.54, 1.807) is 0 Å². The van der Waals surface area contributed by atoms with Gasteiger partial charge < -0.3 is 9.88 Å². The highest BCUT2D eigenvalue weighted by molar-refractivity contribution is 7.07. The summed E-state index contributed by atoms with van der Waals surface area (Å²) in [6.45, 7) is 1.44. The second-order valence-electron chi connectivity index (χ2n) is 4.97. The van der Waals surface area contributed by atoms with Gasteiger partial charge in [0.2, 0.25) is 5.91 Å². The van der Waals surface area contributed by atoms with E-state index in [4.69, 9.17) is 0 Å². The molecule has 1 aromatic rings. The van der Waals surface area contributed by atoms with Gasteiger partial charge in [0.05, 0.1) is 0 Å². The molecule has 0 spiro atoms. The summed E-state index contributed by atoms with van der Waals surface area (Å²) in [5, 5.41) is 4.65. The first-order valence-electron chi connectivity index (χ1n) is 6.53. The lowest BCUT2D eigenvalue weighted by Crippen LogP contribution is -2.44. The number of hydrogen-bond donors (Lipinski definition) is 1. The van der Waals surface area contributed by atoms with Crippen LogP contribution in [0.5, 0.6) is 0 Å². The fourth-order valence-corrected chi connectivity index (χ4v) is 3.22. The summed E-state index contributed by atoms with van der Waals surface area (Å²) in [5.41, 5.74) is 0. The molecule has 1 saturated carbocycles. The lowest BCUT2D eigenvalue weighted by atomic mass is 9.97. The molecule has 0 radical (unpaired) electrons. The summed E-state index contributed by atoms with van der Waals surface area (Å²) in [4.78, 5) is 28.4. The Morgan fingerprint density at radius 1 is 1.47 bits per heavy atom. The van der Waals surface area contributed by atoms with Crippen molar-refractivity contribution in [3.8, 4) is 0 Å². The maximum Gasteiger partial charge on any atom is 0.271 e. The second-order valence-corrected chi connectivity index (χ2v) is 5.84. The molecule has 1 atom stereocenters. The molecule has 1 fully saturated rings. The standard InChI is InChI=1S/C13H19N3O2S/c1-9(17)14-11(10-5-3-4-6-10)12(18)15-13-16(2)7-8-19-13/h7-8,10-11H,3-6H2,1-2H3,(H,14,17). The Labute approximate surface area is 116 Å². The molecule has 0 aliphatic heterocycles. The van der Waals surface area contributed by atoms with Crippen LogP contribution in [0.25, 0.3) is 0 Å². The molecule has 1 aromatic heterocycles. The zero-order chi connectivity index (χ0) is 13.8. The molecule has 0 aromatic carbocycles. The summed E-state index contributed by atoms with van der Waals surface area (Å²) >= 11 is 1.42. The zero-order valence-electron chi connectivity index (χ0n) is 11.3. The van der Waals surface area contributed by atoms with Gasteiger partial charge in [-0.1, -0.05) is 12.8 Å². The molecule has 0 saturated heterocycles. The number of nitrogens with zero attached hydrogens (tertiary/aromatic N) is 2. The number of amides is 2. The Balaban J connectivity index is 2.20. The SMILES string of the molecule is CC(=O)NC(C(=O)N=c1sccn1C)C1CCCC1. The zero-order valence-corrected chi connectivity index (χ0v) is 12.1. The highest BCUT2D eigenvalue weighted by Crippen LogP contribution is 2.28. The van der Waals surface area contributed by atoms with Crippen molar-refractivity contribution < 1.29 is 9.59 Å². The van der Waals surface area contributed by atoms with Crippen LogP contribution >= 0.6 is 11.3 Å². The monoisotopic (exact) mass is 281 g/mol. The molecule has 1 N–H and O–H groups in total. The molecule has 5 nitrogen and oxygen atoms in total. The van der Waals surface area contributed by atoms with Gasteiger partial charge in [-0.15, -0.1) is 11.3 Å². The molecule has 1 aliphatic rings. The summed E-state index contributed by atoms with van der Waals surface area (Å²) in [7, 11) is 1.85. The summed E-state index contributed by atoms with van der Waals surface area (Å²) in [5.74, 6) is -0.179. The minimum Gasteiger partial charge on any atom is -0.344 e. The first-order chi connectivity index (χ1) is 9.08. The average Bonchev–Trinajstić information content (AvgIpc) is 2.98. The highest BCUT2D eigenvalue weighted by atomic mass is 32.1. The fourth-order valence-electron chi connectivity index (χ4n) is 2.49. The molecule has 1 heterocycles. The van der Waals surface area contributed by atoms with E-state index in [0.29, 0.717) is 4.80 Å². The number of hydrogen-bond acceptors (Lipinski definition) is 3. The van der Waals surface area contributed by atoms with Crippen molar-refractivity contribution >= 4 is 23.2 Å². The lowest BCUT2D eigenvalue weighted by molar-refractivity contribution is -0.127. The first kappa shape index (κ1) is 14.0. The topological polar surface area (TPSA) is 63.5 Å². The van der Waals surface area contributed by atoms with E-state index in [1.807, 2.05) is 23.2 Å². The van der Waals surface area contributed by atoms with E-state index >= 15 is 0 Å². The van der Waals surface area contributed by atoms with Crippen LogP contribution in [0.4, 0.5) is 0 Å². The third kappa shape index (κ3) is 3.53. The number of thiazole rings is 1. The molecule has 6 heteroatoms. The van der Waals surface area contributed by atoms with Gasteiger partial charge in [-0.05, 0) is 18.8 Å². The second kappa shape index (κ2) is 6.14. The van der Waals surface area contributed by atoms with E-state index in [1.165, 1.54) is 18.3 Å². The van der Waals surface area contributed by atoms with Gasteiger partial charge in [-0.25, -0.2) is 0 Å². The van der Waals surface area contributed by atoms with E-state index < -0.39 is 6.04 Å². The number of carbonyl (C=O) groups excluding carboxylic acids is 2. The fraction of sp³-hybridized carbons (Fsp3) is 0.615. The molecular formula is C13H19N3O2S. The minimum absolute atomic E-state index is 0.170. The van der Waals surface area contributed by atoms with Crippen LogP contribution in [0.2, 0.25) is 0 Å². The van der Waals surface area contributed by atoms with Gasteiger partial charge >= 0.3 is 0 Å². The number of rotatable bonds is 3. The van der Waals surface area contributed by atoms with Crippen molar-refractivity contribution in [1.82, 2.24) is 9.88 Å². The largest absolute Gasteiger partial charge is 0.344 e. The van der Waals surface area contributed by atoms with Gasteiger partial charge in [0.25, 0.3) is 5.91 Å². The number of aryl methyl sites for hydroxylation is 1. The van der Waals surface area contributed by atoms with E-state index in [0.717, 1.165) is 25.7 Å². The summed E-state index contributed by atoms with van der Waals surface area (Å²) in [6, 6.07) is -0.470. The van der Waals surface area contributed by atoms with Crippen LogP contribution < -0.4 is 10.1 Å². The van der Waals surface area contributed by atoms with Gasteiger partial charge in [-0.3, -0.25) is 9.59 Å². The highest BCUT2D eigenvalue weighted by Gasteiger charge is 2.31. The predicted molar refractivity (Wildman–Crippen MR) is 73.4 cm³/mol. The van der Waals surface area contributed by atoms with E-state index in [9.17, 15) is 9.59 Å². The van der Waals surface area contributed by atoms with Crippen molar-refractivity contribution in [2.24, 2.45) is 18.0 Å². The molecule has 1 aliphatic carbocycles. The van der Waals surface area contributed by atoms with Gasteiger partial charge in [-0.2, -0.15) is 4.99 Å². The van der Waals surface area contributed by atoms with Crippen LogP contribution in [0, 0.1) is 5.92 Å². The number of nitrogens with one attached hydrogen (secondary N) is 1. The molecule has 0 bridgehead atoms. The maximum absolute atomic E-state index is 12.3. The first-order valence-corrected chi connectivity index (χ1v) is 7.41. The Morgan fingerprint density at radius 3 is 2.68 bits per heavy atom.